The first kappa shape index (κ1) is 15.7. The molecule has 0 aliphatic carbocycles. The van der Waals surface area contributed by atoms with Crippen molar-refractivity contribution in [1.82, 2.24) is 15.3 Å². The van der Waals surface area contributed by atoms with Crippen LogP contribution in [0.1, 0.15) is 21.6 Å². The van der Waals surface area contributed by atoms with Crippen LogP contribution in [0.25, 0.3) is 0 Å². The zero-order valence-corrected chi connectivity index (χ0v) is 13.4. The van der Waals surface area contributed by atoms with Crippen LogP contribution >= 0.6 is 0 Å². The topological polar surface area (TPSA) is 66.9 Å². The Morgan fingerprint density at radius 3 is 2.58 bits per heavy atom. The van der Waals surface area contributed by atoms with E-state index >= 15 is 0 Å². The molecule has 0 spiro atoms. The van der Waals surface area contributed by atoms with Gasteiger partial charge in [0.1, 0.15) is 5.69 Å². The van der Waals surface area contributed by atoms with Crippen LogP contribution < -0.4 is 10.6 Å². The van der Waals surface area contributed by atoms with Gasteiger partial charge >= 0.3 is 0 Å². The molecule has 0 atom stereocenters. The van der Waals surface area contributed by atoms with E-state index < -0.39 is 0 Å². The Morgan fingerprint density at radius 2 is 1.88 bits per heavy atom. The summed E-state index contributed by atoms with van der Waals surface area (Å²) >= 11 is 0. The van der Waals surface area contributed by atoms with Gasteiger partial charge in [-0.25, -0.2) is 4.98 Å². The normalized spacial score (nSPS) is 10.2. The van der Waals surface area contributed by atoms with Gasteiger partial charge in [0.15, 0.2) is 0 Å². The lowest BCUT2D eigenvalue weighted by Gasteiger charge is -2.08. The number of hydrogen-bond donors (Lipinski definition) is 2. The van der Waals surface area contributed by atoms with Crippen LogP contribution in [0.5, 0.6) is 0 Å². The summed E-state index contributed by atoms with van der Waals surface area (Å²) in [4.78, 5) is 20.3. The molecule has 2 N–H and O–H groups in total. The molecule has 0 aliphatic rings. The fourth-order valence-corrected chi connectivity index (χ4v) is 2.27. The first-order valence-electron chi connectivity index (χ1n) is 7.67. The Labute approximate surface area is 140 Å². The SMILES string of the molecule is Cc1cccc(Nc2ccc(C(=O)NCc3ccncc3)nc2)c1. The van der Waals surface area contributed by atoms with Crippen molar-refractivity contribution in [3.63, 3.8) is 0 Å². The molecular formula is C19H18N4O. The Hall–Kier alpha value is -3.21. The van der Waals surface area contributed by atoms with Crippen LogP contribution in [-0.2, 0) is 6.54 Å². The summed E-state index contributed by atoms with van der Waals surface area (Å²) in [7, 11) is 0. The van der Waals surface area contributed by atoms with Crippen LogP contribution in [0.2, 0.25) is 0 Å². The van der Waals surface area contributed by atoms with Crippen molar-refractivity contribution in [1.29, 1.82) is 0 Å². The maximum Gasteiger partial charge on any atom is 0.270 e. The summed E-state index contributed by atoms with van der Waals surface area (Å²) in [5, 5.41) is 6.11. The number of nitrogens with one attached hydrogen (secondary N) is 2. The molecule has 3 aromatic rings. The molecule has 0 saturated heterocycles. The van der Waals surface area contributed by atoms with E-state index in [1.807, 2.05) is 43.3 Å². The quantitative estimate of drug-likeness (QED) is 0.756. The molecule has 120 valence electrons. The number of amides is 1. The van der Waals surface area contributed by atoms with Gasteiger partial charge in [-0.1, -0.05) is 12.1 Å². The average molecular weight is 318 g/mol. The van der Waals surface area contributed by atoms with Crippen molar-refractivity contribution >= 4 is 17.3 Å². The molecule has 3 rings (SSSR count). The van der Waals surface area contributed by atoms with Crippen molar-refractivity contribution in [2.75, 3.05) is 5.32 Å². The molecule has 2 heterocycles. The molecule has 0 aliphatic heterocycles. The number of pyridine rings is 2. The Morgan fingerprint density at radius 1 is 1.04 bits per heavy atom. The van der Waals surface area contributed by atoms with Crippen molar-refractivity contribution < 1.29 is 4.79 Å². The third-order valence-electron chi connectivity index (χ3n) is 3.51. The largest absolute Gasteiger partial charge is 0.354 e. The highest BCUT2D eigenvalue weighted by molar-refractivity contribution is 5.92. The molecule has 5 nitrogen and oxygen atoms in total. The lowest BCUT2D eigenvalue weighted by molar-refractivity contribution is 0.0946. The second kappa shape index (κ2) is 7.37. The molecule has 0 unspecified atom stereocenters. The summed E-state index contributed by atoms with van der Waals surface area (Å²) in [6, 6.07) is 15.4. The van der Waals surface area contributed by atoms with Crippen molar-refractivity contribution in [2.24, 2.45) is 0 Å². The van der Waals surface area contributed by atoms with Gasteiger partial charge in [0.25, 0.3) is 5.91 Å². The number of carbonyl (C=O) groups excluding carboxylic acids is 1. The Kier molecular flexibility index (Phi) is 4.81. The molecular weight excluding hydrogens is 300 g/mol. The van der Waals surface area contributed by atoms with E-state index in [0.717, 1.165) is 16.9 Å². The van der Waals surface area contributed by atoms with E-state index in [9.17, 15) is 4.79 Å². The van der Waals surface area contributed by atoms with Gasteiger partial charge < -0.3 is 10.6 Å². The maximum atomic E-state index is 12.1. The van der Waals surface area contributed by atoms with E-state index in [1.54, 1.807) is 24.7 Å². The predicted molar refractivity (Wildman–Crippen MR) is 94.1 cm³/mol. The van der Waals surface area contributed by atoms with E-state index in [4.69, 9.17) is 0 Å². The fourth-order valence-electron chi connectivity index (χ4n) is 2.27. The number of carbonyl (C=O) groups is 1. The molecule has 0 radical (unpaired) electrons. The van der Waals surface area contributed by atoms with Crippen LogP contribution in [0.4, 0.5) is 11.4 Å². The smallest absolute Gasteiger partial charge is 0.270 e. The van der Waals surface area contributed by atoms with E-state index in [-0.39, 0.29) is 5.91 Å². The van der Waals surface area contributed by atoms with Crippen LogP contribution in [0.15, 0.2) is 67.1 Å². The third kappa shape index (κ3) is 4.16. The molecule has 24 heavy (non-hydrogen) atoms. The van der Waals surface area contributed by atoms with E-state index in [0.29, 0.717) is 12.2 Å². The standard InChI is InChI=1S/C19H18N4O/c1-14-3-2-4-16(11-14)23-17-5-6-18(21-13-17)19(24)22-12-15-7-9-20-10-8-15/h2-11,13,23H,12H2,1H3,(H,22,24). The number of hydrogen-bond acceptors (Lipinski definition) is 4. The van der Waals surface area contributed by atoms with Gasteiger partial charge in [-0.2, -0.15) is 0 Å². The monoisotopic (exact) mass is 318 g/mol. The molecule has 5 heteroatoms. The van der Waals surface area contributed by atoms with Crippen LogP contribution in [0, 0.1) is 6.92 Å². The zero-order chi connectivity index (χ0) is 16.8. The third-order valence-corrected chi connectivity index (χ3v) is 3.51. The Balaban J connectivity index is 1.60. The number of nitrogens with zero attached hydrogens (tertiary/aromatic N) is 2. The number of aryl methyl sites for hydroxylation is 1. The Bertz CT molecular complexity index is 816. The zero-order valence-electron chi connectivity index (χ0n) is 13.4. The van der Waals surface area contributed by atoms with Gasteiger partial charge in [0.05, 0.1) is 11.9 Å². The highest BCUT2D eigenvalue weighted by Gasteiger charge is 2.07. The van der Waals surface area contributed by atoms with Gasteiger partial charge in [0, 0.05) is 24.6 Å². The number of anilines is 2. The summed E-state index contributed by atoms with van der Waals surface area (Å²) < 4.78 is 0. The molecule has 2 aromatic heterocycles. The van der Waals surface area contributed by atoms with E-state index in [1.165, 1.54) is 5.56 Å². The van der Waals surface area contributed by atoms with Gasteiger partial charge in [-0.15, -0.1) is 0 Å². The second-order valence-corrected chi connectivity index (χ2v) is 5.46. The van der Waals surface area contributed by atoms with Crippen LogP contribution in [0.3, 0.4) is 0 Å². The minimum atomic E-state index is -0.200. The van der Waals surface area contributed by atoms with Crippen molar-refractivity contribution in [3.8, 4) is 0 Å². The predicted octanol–water partition coefficient (Wildman–Crippen LogP) is 3.46. The summed E-state index contributed by atoms with van der Waals surface area (Å²) in [6.07, 6.45) is 5.06. The molecule has 0 saturated carbocycles. The lowest BCUT2D eigenvalue weighted by Crippen LogP contribution is -2.23. The minimum absolute atomic E-state index is 0.200. The molecule has 1 aromatic carbocycles. The van der Waals surface area contributed by atoms with E-state index in [2.05, 4.69) is 26.7 Å². The first-order valence-corrected chi connectivity index (χ1v) is 7.67. The van der Waals surface area contributed by atoms with Crippen molar-refractivity contribution in [2.45, 2.75) is 13.5 Å². The number of benzene rings is 1. The maximum absolute atomic E-state index is 12.1. The average Bonchev–Trinajstić information content (AvgIpc) is 2.61. The van der Waals surface area contributed by atoms with Gasteiger partial charge in [-0.05, 0) is 54.4 Å². The number of aromatic nitrogens is 2. The summed E-state index contributed by atoms with van der Waals surface area (Å²) in [5.41, 5.74) is 4.40. The molecule has 0 fully saturated rings. The fraction of sp³-hybridized carbons (Fsp3) is 0.105. The molecule has 1 amide bonds. The highest BCUT2D eigenvalue weighted by atomic mass is 16.1. The van der Waals surface area contributed by atoms with Gasteiger partial charge in [-0.3, -0.25) is 9.78 Å². The summed E-state index contributed by atoms with van der Waals surface area (Å²) in [5.74, 6) is -0.200. The number of rotatable bonds is 5. The minimum Gasteiger partial charge on any atom is -0.354 e. The highest BCUT2D eigenvalue weighted by Crippen LogP contribution is 2.16. The van der Waals surface area contributed by atoms with Gasteiger partial charge in [0.2, 0.25) is 0 Å². The summed E-state index contributed by atoms with van der Waals surface area (Å²) in [6.45, 7) is 2.49. The second-order valence-electron chi connectivity index (χ2n) is 5.46. The van der Waals surface area contributed by atoms with Crippen LogP contribution in [-0.4, -0.2) is 15.9 Å². The molecule has 0 bridgehead atoms. The first-order chi connectivity index (χ1) is 11.7. The van der Waals surface area contributed by atoms with Crippen molar-refractivity contribution in [3.05, 3.63) is 83.9 Å². The lowest BCUT2D eigenvalue weighted by atomic mass is 10.2.